The molecular formula is C16H28N2Si. The molecule has 1 aliphatic heterocycles. The first-order chi connectivity index (χ1) is 8.99. The van der Waals surface area contributed by atoms with Gasteiger partial charge < -0.3 is 4.90 Å². The lowest BCUT2D eigenvalue weighted by atomic mass is 10.2. The molecule has 0 aromatic heterocycles. The number of nitrogens with zero attached hydrogens (tertiary/aromatic N) is 2. The standard InChI is InChI=1S/C16H28N2Si/c1-5-17-10-12-18(13-11-17)14-15-6-8-16(9-7-15)19(2,3)4/h6-9H,5,10-14H2,1-4H3. The molecule has 2 rings (SSSR count). The summed E-state index contributed by atoms with van der Waals surface area (Å²) in [4.78, 5) is 5.11. The van der Waals surface area contributed by atoms with Gasteiger partial charge in [-0.1, -0.05) is 56.0 Å². The fraction of sp³-hybridized carbons (Fsp3) is 0.625. The van der Waals surface area contributed by atoms with E-state index in [9.17, 15) is 0 Å². The van der Waals surface area contributed by atoms with Crippen LogP contribution in [-0.2, 0) is 6.54 Å². The predicted molar refractivity (Wildman–Crippen MR) is 86.8 cm³/mol. The van der Waals surface area contributed by atoms with E-state index in [1.165, 1.54) is 38.3 Å². The molecule has 3 heteroatoms. The van der Waals surface area contributed by atoms with Crippen LogP contribution in [0.3, 0.4) is 0 Å². The average molecular weight is 277 g/mol. The summed E-state index contributed by atoms with van der Waals surface area (Å²) in [5, 5.41) is 1.56. The van der Waals surface area contributed by atoms with Gasteiger partial charge in [-0.2, -0.15) is 0 Å². The summed E-state index contributed by atoms with van der Waals surface area (Å²) >= 11 is 0. The van der Waals surface area contributed by atoms with Crippen LogP contribution < -0.4 is 5.19 Å². The van der Waals surface area contributed by atoms with Gasteiger partial charge in [0.05, 0.1) is 8.07 Å². The molecule has 1 heterocycles. The summed E-state index contributed by atoms with van der Waals surface area (Å²) in [6.45, 7) is 16.7. The highest BCUT2D eigenvalue weighted by Gasteiger charge is 2.17. The lowest BCUT2D eigenvalue weighted by molar-refractivity contribution is 0.132. The molecule has 0 atom stereocenters. The highest BCUT2D eigenvalue weighted by Crippen LogP contribution is 2.09. The van der Waals surface area contributed by atoms with Crippen molar-refractivity contribution in [2.24, 2.45) is 0 Å². The molecule has 0 spiro atoms. The second-order valence-corrected chi connectivity index (χ2v) is 11.7. The maximum atomic E-state index is 2.58. The van der Waals surface area contributed by atoms with Crippen molar-refractivity contribution in [3.05, 3.63) is 29.8 Å². The number of piperazine rings is 1. The van der Waals surface area contributed by atoms with Crippen molar-refractivity contribution >= 4 is 13.3 Å². The maximum Gasteiger partial charge on any atom is 0.0775 e. The largest absolute Gasteiger partial charge is 0.301 e. The molecule has 0 radical (unpaired) electrons. The van der Waals surface area contributed by atoms with Gasteiger partial charge in [0.25, 0.3) is 0 Å². The summed E-state index contributed by atoms with van der Waals surface area (Å²) < 4.78 is 0. The molecule has 1 aromatic rings. The molecular weight excluding hydrogens is 248 g/mol. The smallest absolute Gasteiger partial charge is 0.0775 e. The Hall–Kier alpha value is -0.643. The Morgan fingerprint density at radius 3 is 1.89 bits per heavy atom. The van der Waals surface area contributed by atoms with E-state index < -0.39 is 8.07 Å². The van der Waals surface area contributed by atoms with Gasteiger partial charge in [-0.3, -0.25) is 4.90 Å². The second-order valence-electron chi connectivity index (χ2n) is 6.66. The molecule has 0 saturated carbocycles. The molecule has 1 aromatic carbocycles. The van der Waals surface area contributed by atoms with Crippen LogP contribution in [0.2, 0.25) is 19.6 Å². The van der Waals surface area contributed by atoms with E-state index in [1.54, 1.807) is 5.19 Å². The summed E-state index contributed by atoms with van der Waals surface area (Å²) in [6, 6.07) is 9.37. The van der Waals surface area contributed by atoms with E-state index in [0.29, 0.717) is 0 Å². The minimum Gasteiger partial charge on any atom is -0.301 e. The van der Waals surface area contributed by atoms with Crippen LogP contribution in [0, 0.1) is 0 Å². The van der Waals surface area contributed by atoms with Crippen LogP contribution in [0.5, 0.6) is 0 Å². The number of likely N-dealkylation sites (N-methyl/N-ethyl adjacent to an activating group) is 1. The van der Waals surface area contributed by atoms with Gasteiger partial charge in [-0.15, -0.1) is 0 Å². The molecule has 1 fully saturated rings. The van der Waals surface area contributed by atoms with Crippen LogP contribution in [0.25, 0.3) is 0 Å². The van der Waals surface area contributed by atoms with Crippen molar-refractivity contribution in [1.29, 1.82) is 0 Å². The topological polar surface area (TPSA) is 6.48 Å². The molecule has 0 N–H and O–H groups in total. The number of hydrogen-bond acceptors (Lipinski definition) is 2. The van der Waals surface area contributed by atoms with Gasteiger partial charge in [0, 0.05) is 32.7 Å². The monoisotopic (exact) mass is 276 g/mol. The molecule has 19 heavy (non-hydrogen) atoms. The maximum absolute atomic E-state index is 2.58. The number of benzene rings is 1. The number of rotatable bonds is 4. The fourth-order valence-corrected chi connectivity index (χ4v) is 3.80. The van der Waals surface area contributed by atoms with Crippen molar-refractivity contribution in [3.8, 4) is 0 Å². The first-order valence-corrected chi connectivity index (χ1v) is 11.0. The van der Waals surface area contributed by atoms with Gasteiger partial charge >= 0.3 is 0 Å². The Morgan fingerprint density at radius 2 is 1.42 bits per heavy atom. The molecule has 0 amide bonds. The Bertz CT molecular complexity index is 386. The fourth-order valence-electron chi connectivity index (χ4n) is 2.63. The molecule has 0 aliphatic carbocycles. The Balaban J connectivity index is 1.90. The van der Waals surface area contributed by atoms with E-state index in [-0.39, 0.29) is 0 Å². The van der Waals surface area contributed by atoms with Crippen molar-refractivity contribution in [2.45, 2.75) is 33.1 Å². The molecule has 1 saturated heterocycles. The van der Waals surface area contributed by atoms with Gasteiger partial charge in [0.2, 0.25) is 0 Å². The Kier molecular flexibility index (Phi) is 4.82. The minimum absolute atomic E-state index is 1.11. The van der Waals surface area contributed by atoms with Crippen LogP contribution in [-0.4, -0.2) is 50.6 Å². The SMILES string of the molecule is CCN1CCN(Cc2ccc([Si](C)(C)C)cc2)CC1. The molecule has 106 valence electrons. The quantitative estimate of drug-likeness (QED) is 0.779. The zero-order chi connectivity index (χ0) is 13.9. The van der Waals surface area contributed by atoms with Crippen LogP contribution in [0.1, 0.15) is 12.5 Å². The van der Waals surface area contributed by atoms with Crippen molar-refractivity contribution in [2.75, 3.05) is 32.7 Å². The van der Waals surface area contributed by atoms with E-state index in [4.69, 9.17) is 0 Å². The van der Waals surface area contributed by atoms with Crippen molar-refractivity contribution in [1.82, 2.24) is 9.80 Å². The minimum atomic E-state index is -1.14. The van der Waals surface area contributed by atoms with Crippen LogP contribution in [0.15, 0.2) is 24.3 Å². The third kappa shape index (κ3) is 4.16. The van der Waals surface area contributed by atoms with Gasteiger partial charge in [-0.25, -0.2) is 0 Å². The number of hydrogen-bond donors (Lipinski definition) is 0. The first-order valence-electron chi connectivity index (χ1n) is 7.53. The van der Waals surface area contributed by atoms with Crippen LogP contribution in [0.4, 0.5) is 0 Å². The second kappa shape index (κ2) is 6.20. The van der Waals surface area contributed by atoms with Crippen LogP contribution >= 0.6 is 0 Å². The highest BCUT2D eigenvalue weighted by atomic mass is 28.3. The third-order valence-electron chi connectivity index (χ3n) is 4.14. The van der Waals surface area contributed by atoms with Gasteiger partial charge in [0.1, 0.15) is 0 Å². The van der Waals surface area contributed by atoms with Crippen molar-refractivity contribution < 1.29 is 0 Å². The summed E-state index contributed by atoms with van der Waals surface area (Å²) in [5.41, 5.74) is 1.46. The normalized spacial score (nSPS) is 18.7. The molecule has 1 aliphatic rings. The summed E-state index contributed by atoms with van der Waals surface area (Å²) in [7, 11) is -1.14. The zero-order valence-corrected chi connectivity index (χ0v) is 13.9. The lowest BCUT2D eigenvalue weighted by Crippen LogP contribution is -2.45. The van der Waals surface area contributed by atoms with E-state index in [0.717, 1.165) is 6.54 Å². The Morgan fingerprint density at radius 1 is 0.895 bits per heavy atom. The first kappa shape index (κ1) is 14.8. The van der Waals surface area contributed by atoms with Crippen molar-refractivity contribution in [3.63, 3.8) is 0 Å². The lowest BCUT2D eigenvalue weighted by Gasteiger charge is -2.34. The predicted octanol–water partition coefficient (Wildman–Crippen LogP) is 2.37. The molecule has 2 nitrogen and oxygen atoms in total. The highest BCUT2D eigenvalue weighted by molar-refractivity contribution is 6.88. The molecule has 0 unspecified atom stereocenters. The zero-order valence-electron chi connectivity index (χ0n) is 12.9. The van der Waals surface area contributed by atoms with E-state index >= 15 is 0 Å². The molecule has 0 bridgehead atoms. The van der Waals surface area contributed by atoms with Gasteiger partial charge in [-0.05, 0) is 12.1 Å². The summed E-state index contributed by atoms with van der Waals surface area (Å²) in [5.74, 6) is 0. The average Bonchev–Trinajstić information content (AvgIpc) is 2.39. The van der Waals surface area contributed by atoms with Gasteiger partial charge in [0.15, 0.2) is 0 Å². The van der Waals surface area contributed by atoms with E-state index in [2.05, 4.69) is 60.6 Å². The van der Waals surface area contributed by atoms with E-state index in [1.807, 2.05) is 0 Å². The Labute approximate surface area is 119 Å². The third-order valence-corrected chi connectivity index (χ3v) is 6.20. The summed E-state index contributed by atoms with van der Waals surface area (Å²) in [6.07, 6.45) is 0.